The zero-order valence-electron chi connectivity index (χ0n) is 11.0. The smallest absolute Gasteiger partial charge is 0.261 e. The van der Waals surface area contributed by atoms with Gasteiger partial charge in [-0.3, -0.25) is 9.59 Å². The third-order valence-corrected chi connectivity index (χ3v) is 3.47. The molecule has 2 N–H and O–H groups in total. The van der Waals surface area contributed by atoms with Crippen molar-refractivity contribution in [3.8, 4) is 0 Å². The summed E-state index contributed by atoms with van der Waals surface area (Å²) in [6.07, 6.45) is 2.61. The maximum absolute atomic E-state index is 12.0. The van der Waals surface area contributed by atoms with E-state index in [2.05, 4.69) is 33.2 Å². The van der Waals surface area contributed by atoms with Gasteiger partial charge in [0.05, 0.1) is 0 Å². The number of carbonyl (C=O) groups is 1. The van der Waals surface area contributed by atoms with Crippen LogP contribution in [0.15, 0.2) is 15.3 Å². The largest absolute Gasteiger partial charge is 0.349 e. The molecule has 0 saturated carbocycles. The summed E-state index contributed by atoms with van der Waals surface area (Å²) >= 11 is 3.36. The number of halogens is 1. The molecule has 1 heterocycles. The Balaban J connectivity index is 2.93. The number of H-pyrrole nitrogens is 1. The summed E-state index contributed by atoms with van der Waals surface area (Å²) in [6, 6.07) is 1.66. The molecule has 100 valence electrons. The molecule has 0 unspecified atom stereocenters. The zero-order valence-corrected chi connectivity index (χ0v) is 12.6. The van der Waals surface area contributed by atoms with Crippen molar-refractivity contribution in [2.24, 2.45) is 0 Å². The van der Waals surface area contributed by atoms with E-state index in [9.17, 15) is 9.59 Å². The van der Waals surface area contributed by atoms with Crippen molar-refractivity contribution < 1.29 is 4.79 Å². The number of aromatic nitrogens is 1. The molecule has 1 aromatic heterocycles. The Kier molecular flexibility index (Phi) is 5.59. The van der Waals surface area contributed by atoms with E-state index in [4.69, 9.17) is 0 Å². The van der Waals surface area contributed by atoms with Gasteiger partial charge >= 0.3 is 0 Å². The van der Waals surface area contributed by atoms with E-state index in [0.717, 1.165) is 23.0 Å². The lowest BCUT2D eigenvalue weighted by Gasteiger charge is -2.12. The average molecular weight is 315 g/mol. The molecule has 1 amide bonds. The number of amides is 1. The molecule has 4 nitrogen and oxygen atoms in total. The second kappa shape index (κ2) is 6.73. The minimum atomic E-state index is -0.337. The molecular formula is C13H19BrN2O2. The minimum absolute atomic E-state index is 0.0755. The molecule has 0 aliphatic heterocycles. The van der Waals surface area contributed by atoms with Gasteiger partial charge in [-0.25, -0.2) is 0 Å². The molecule has 1 aromatic rings. The van der Waals surface area contributed by atoms with Crippen molar-refractivity contribution in [2.75, 3.05) is 0 Å². The third kappa shape index (κ3) is 3.70. The lowest BCUT2D eigenvalue weighted by molar-refractivity contribution is 0.0936. The molecule has 0 fully saturated rings. The van der Waals surface area contributed by atoms with E-state index in [1.54, 1.807) is 6.07 Å². The van der Waals surface area contributed by atoms with Crippen molar-refractivity contribution >= 4 is 21.8 Å². The first kappa shape index (κ1) is 15.0. The van der Waals surface area contributed by atoms with Gasteiger partial charge in [0.15, 0.2) is 0 Å². The van der Waals surface area contributed by atoms with Gasteiger partial charge in [-0.15, -0.1) is 0 Å². The van der Waals surface area contributed by atoms with Gasteiger partial charge in [0.1, 0.15) is 5.56 Å². The topological polar surface area (TPSA) is 62.0 Å². The highest BCUT2D eigenvalue weighted by Crippen LogP contribution is 2.14. The van der Waals surface area contributed by atoms with E-state index >= 15 is 0 Å². The summed E-state index contributed by atoms with van der Waals surface area (Å²) in [5, 5.41) is 2.82. The first-order valence-corrected chi connectivity index (χ1v) is 7.01. The SMILES string of the molecule is CCC[C@@H](C)NC(=O)c1cc(Br)c(CC)[nH]c1=O. The molecule has 1 rings (SSSR count). The Morgan fingerprint density at radius 2 is 2.17 bits per heavy atom. The molecule has 0 radical (unpaired) electrons. The number of pyridine rings is 1. The molecule has 0 saturated heterocycles. The van der Waals surface area contributed by atoms with Crippen LogP contribution in [0.2, 0.25) is 0 Å². The van der Waals surface area contributed by atoms with Crippen LogP contribution in [0.1, 0.15) is 49.7 Å². The number of hydrogen-bond acceptors (Lipinski definition) is 2. The van der Waals surface area contributed by atoms with Crippen LogP contribution in [0, 0.1) is 0 Å². The first-order chi connectivity index (χ1) is 8.49. The predicted molar refractivity (Wildman–Crippen MR) is 76.0 cm³/mol. The van der Waals surface area contributed by atoms with Crippen molar-refractivity contribution in [1.82, 2.24) is 10.3 Å². The summed E-state index contributed by atoms with van der Waals surface area (Å²) < 4.78 is 0.762. The maximum Gasteiger partial charge on any atom is 0.261 e. The van der Waals surface area contributed by atoms with Gasteiger partial charge in [0.25, 0.3) is 11.5 Å². The van der Waals surface area contributed by atoms with Crippen molar-refractivity contribution in [1.29, 1.82) is 0 Å². The number of aryl methyl sites for hydroxylation is 1. The van der Waals surface area contributed by atoms with Crippen LogP contribution in [-0.2, 0) is 6.42 Å². The molecule has 1 atom stereocenters. The van der Waals surface area contributed by atoms with Crippen LogP contribution in [-0.4, -0.2) is 16.9 Å². The summed E-state index contributed by atoms with van der Waals surface area (Å²) in [4.78, 5) is 26.5. The van der Waals surface area contributed by atoms with Gasteiger partial charge in [0.2, 0.25) is 0 Å². The highest BCUT2D eigenvalue weighted by atomic mass is 79.9. The molecule has 0 spiro atoms. The first-order valence-electron chi connectivity index (χ1n) is 6.22. The highest BCUT2D eigenvalue weighted by Gasteiger charge is 2.14. The summed E-state index contributed by atoms with van der Waals surface area (Å²) in [6.45, 7) is 5.94. The summed E-state index contributed by atoms with van der Waals surface area (Å²) in [5.74, 6) is -0.319. The second-order valence-electron chi connectivity index (χ2n) is 4.36. The zero-order chi connectivity index (χ0) is 13.7. The monoisotopic (exact) mass is 314 g/mol. The maximum atomic E-state index is 12.0. The van der Waals surface area contributed by atoms with Gasteiger partial charge in [-0.05, 0) is 41.8 Å². The Morgan fingerprint density at radius 1 is 1.50 bits per heavy atom. The Labute approximate surface area is 115 Å². The van der Waals surface area contributed by atoms with Crippen LogP contribution in [0.4, 0.5) is 0 Å². The summed E-state index contributed by atoms with van der Waals surface area (Å²) in [7, 11) is 0. The standard InChI is InChI=1S/C13H19BrN2O2/c1-4-6-8(3)15-12(17)9-7-10(14)11(5-2)16-13(9)18/h7-8H,4-6H2,1-3H3,(H,15,17)(H,16,18)/t8-/m1/s1. The van der Waals surface area contributed by atoms with Crippen LogP contribution in [0.3, 0.4) is 0 Å². The van der Waals surface area contributed by atoms with E-state index < -0.39 is 0 Å². The van der Waals surface area contributed by atoms with Gasteiger partial charge in [0, 0.05) is 16.2 Å². The van der Waals surface area contributed by atoms with Gasteiger partial charge in [-0.2, -0.15) is 0 Å². The molecule has 0 aliphatic carbocycles. The van der Waals surface area contributed by atoms with E-state index in [1.165, 1.54) is 0 Å². The average Bonchev–Trinajstić information content (AvgIpc) is 2.31. The molecule has 0 bridgehead atoms. The fourth-order valence-electron chi connectivity index (χ4n) is 1.78. The van der Waals surface area contributed by atoms with Crippen LogP contribution in [0.25, 0.3) is 0 Å². The summed E-state index contributed by atoms with van der Waals surface area (Å²) in [5.41, 5.74) is 0.622. The van der Waals surface area contributed by atoms with Crippen molar-refractivity contribution in [3.63, 3.8) is 0 Å². The molecular weight excluding hydrogens is 296 g/mol. The Bertz CT molecular complexity index is 482. The predicted octanol–water partition coefficient (Wildman–Crippen LogP) is 2.62. The Morgan fingerprint density at radius 3 is 2.72 bits per heavy atom. The van der Waals surface area contributed by atoms with Gasteiger partial charge < -0.3 is 10.3 Å². The van der Waals surface area contributed by atoms with Crippen molar-refractivity contribution in [3.05, 3.63) is 32.2 Å². The molecule has 5 heteroatoms. The molecule has 0 aliphatic rings. The van der Waals surface area contributed by atoms with Gasteiger partial charge in [-0.1, -0.05) is 20.3 Å². The lowest BCUT2D eigenvalue weighted by Crippen LogP contribution is -2.36. The number of carbonyl (C=O) groups excluding carboxylic acids is 1. The minimum Gasteiger partial charge on any atom is -0.349 e. The number of hydrogen-bond donors (Lipinski definition) is 2. The fourth-order valence-corrected chi connectivity index (χ4v) is 2.38. The number of aromatic amines is 1. The highest BCUT2D eigenvalue weighted by molar-refractivity contribution is 9.10. The fraction of sp³-hybridized carbons (Fsp3) is 0.538. The normalized spacial score (nSPS) is 12.2. The number of nitrogens with one attached hydrogen (secondary N) is 2. The molecule has 0 aromatic carbocycles. The van der Waals surface area contributed by atoms with E-state index in [1.807, 2.05) is 13.8 Å². The van der Waals surface area contributed by atoms with E-state index in [-0.39, 0.29) is 23.1 Å². The quantitative estimate of drug-likeness (QED) is 0.877. The van der Waals surface area contributed by atoms with E-state index in [0.29, 0.717) is 6.42 Å². The Hall–Kier alpha value is -1.10. The van der Waals surface area contributed by atoms with Crippen LogP contribution >= 0.6 is 15.9 Å². The van der Waals surface area contributed by atoms with Crippen molar-refractivity contribution in [2.45, 2.75) is 46.1 Å². The molecule has 18 heavy (non-hydrogen) atoms. The number of rotatable bonds is 5. The van der Waals surface area contributed by atoms with Crippen LogP contribution < -0.4 is 10.9 Å². The lowest BCUT2D eigenvalue weighted by atomic mass is 10.1. The van der Waals surface area contributed by atoms with Crippen LogP contribution in [0.5, 0.6) is 0 Å². The third-order valence-electron chi connectivity index (χ3n) is 2.77. The second-order valence-corrected chi connectivity index (χ2v) is 5.21.